The minimum atomic E-state index is -0.0513. The molecular weight excluding hydrogens is 589 g/mol. The average Bonchev–Trinajstić information content (AvgIpc) is 3.39. The molecule has 0 spiro atoms. The van der Waals surface area contributed by atoms with Crippen molar-refractivity contribution in [1.82, 2.24) is 0 Å². The molecule has 10 rings (SSSR count). The molecule has 1 aliphatic carbocycles. The van der Waals surface area contributed by atoms with Gasteiger partial charge in [-0.3, -0.25) is 0 Å². The lowest BCUT2D eigenvalue weighted by Crippen LogP contribution is -2.14. The van der Waals surface area contributed by atoms with Gasteiger partial charge in [-0.2, -0.15) is 0 Å². The Morgan fingerprint density at radius 1 is 0.286 bits per heavy atom. The Morgan fingerprint density at radius 2 is 0.796 bits per heavy atom. The summed E-state index contributed by atoms with van der Waals surface area (Å²) in [4.78, 5) is 0. The molecule has 0 nitrogen and oxygen atoms in total. The first-order valence-corrected chi connectivity index (χ1v) is 17.2. The van der Waals surface area contributed by atoms with E-state index in [0.29, 0.717) is 0 Å². The van der Waals surface area contributed by atoms with Crippen LogP contribution in [0.15, 0.2) is 170 Å². The highest BCUT2D eigenvalue weighted by Gasteiger charge is 2.35. The third-order valence-corrected chi connectivity index (χ3v) is 11.0. The zero-order chi connectivity index (χ0) is 32.7. The van der Waals surface area contributed by atoms with Crippen molar-refractivity contribution in [3.05, 3.63) is 181 Å². The van der Waals surface area contributed by atoms with E-state index in [1.165, 1.54) is 98.7 Å². The topological polar surface area (TPSA) is 0 Å². The Bertz CT molecular complexity index is 2800. The van der Waals surface area contributed by atoms with E-state index in [-0.39, 0.29) is 5.41 Å². The molecule has 49 heavy (non-hydrogen) atoms. The Morgan fingerprint density at radius 3 is 1.57 bits per heavy atom. The Hall–Kier alpha value is -5.98. The maximum atomic E-state index is 2.44. The zero-order valence-electron chi connectivity index (χ0n) is 27.7. The molecule has 230 valence electrons. The van der Waals surface area contributed by atoms with Crippen molar-refractivity contribution in [3.8, 4) is 44.5 Å². The number of hydrogen-bond donors (Lipinski definition) is 0. The second-order valence-corrected chi connectivity index (χ2v) is 14.2. The van der Waals surface area contributed by atoms with Crippen molar-refractivity contribution in [1.29, 1.82) is 0 Å². The van der Waals surface area contributed by atoms with E-state index in [9.17, 15) is 0 Å². The van der Waals surface area contributed by atoms with Gasteiger partial charge in [0.25, 0.3) is 0 Å². The van der Waals surface area contributed by atoms with E-state index < -0.39 is 0 Å². The molecule has 0 amide bonds. The normalized spacial score (nSPS) is 13.3. The van der Waals surface area contributed by atoms with Crippen LogP contribution in [-0.2, 0) is 5.41 Å². The SMILES string of the molecule is CC1(C)c2ccccc2-c2ccc(-c3cc(-c4ccc5ccccc5c4)cc(-c4ccc5ccc6c7ccccc7ccc6c5c4)c3)cc21. The molecule has 0 heterocycles. The Balaban J connectivity index is 1.19. The summed E-state index contributed by atoms with van der Waals surface area (Å²) in [7, 11) is 0. The smallest absolute Gasteiger partial charge is 0.0159 e. The lowest BCUT2D eigenvalue weighted by molar-refractivity contribution is 0.660. The molecular formula is C49H34. The van der Waals surface area contributed by atoms with Crippen molar-refractivity contribution >= 4 is 43.1 Å². The maximum Gasteiger partial charge on any atom is 0.0159 e. The Kier molecular flexibility index (Phi) is 6.02. The second-order valence-electron chi connectivity index (χ2n) is 14.2. The molecule has 0 atom stereocenters. The van der Waals surface area contributed by atoms with Gasteiger partial charge in [0.2, 0.25) is 0 Å². The number of fused-ring (bicyclic) bond motifs is 9. The van der Waals surface area contributed by atoms with Gasteiger partial charge in [0.15, 0.2) is 0 Å². The summed E-state index contributed by atoms with van der Waals surface area (Å²) < 4.78 is 0. The van der Waals surface area contributed by atoms with Crippen molar-refractivity contribution in [2.24, 2.45) is 0 Å². The number of benzene rings is 9. The molecule has 1 aliphatic rings. The molecule has 9 aromatic carbocycles. The van der Waals surface area contributed by atoms with Gasteiger partial charge in [0.05, 0.1) is 0 Å². The van der Waals surface area contributed by atoms with E-state index in [0.717, 1.165) is 0 Å². The first-order chi connectivity index (χ1) is 24.0. The van der Waals surface area contributed by atoms with Crippen molar-refractivity contribution in [2.45, 2.75) is 19.3 Å². The van der Waals surface area contributed by atoms with Gasteiger partial charge in [-0.25, -0.2) is 0 Å². The summed E-state index contributed by atoms with van der Waals surface area (Å²) in [6, 6.07) is 63.4. The number of hydrogen-bond acceptors (Lipinski definition) is 0. The standard InChI is InChI=1S/C49H34/c1-49(2)47-14-8-7-13-44(47)45-24-21-37(30-48(45)49)40-27-38(35-17-15-31-9-3-4-11-34(31)25-35)26-39(28-40)36-18-16-33-20-22-42-41-12-6-5-10-32(41)19-23-43(42)46(33)29-36/h3-30H,1-2H3. The summed E-state index contributed by atoms with van der Waals surface area (Å²) in [6.07, 6.45) is 0. The first kappa shape index (κ1) is 28.1. The van der Waals surface area contributed by atoms with Crippen LogP contribution in [0.5, 0.6) is 0 Å². The van der Waals surface area contributed by atoms with Gasteiger partial charge in [-0.1, -0.05) is 147 Å². The number of rotatable bonds is 3. The molecule has 0 unspecified atom stereocenters. The monoisotopic (exact) mass is 622 g/mol. The molecule has 0 N–H and O–H groups in total. The predicted molar refractivity (Wildman–Crippen MR) is 210 cm³/mol. The molecule has 0 radical (unpaired) electrons. The summed E-state index contributed by atoms with van der Waals surface area (Å²) in [6.45, 7) is 4.72. The largest absolute Gasteiger partial charge is 0.0619 e. The van der Waals surface area contributed by atoms with Gasteiger partial charge >= 0.3 is 0 Å². The van der Waals surface area contributed by atoms with Crippen LogP contribution in [0.3, 0.4) is 0 Å². The zero-order valence-corrected chi connectivity index (χ0v) is 27.7. The summed E-state index contributed by atoms with van der Waals surface area (Å²) >= 11 is 0. The van der Waals surface area contributed by atoms with Gasteiger partial charge < -0.3 is 0 Å². The van der Waals surface area contributed by atoms with Gasteiger partial charge in [0, 0.05) is 5.41 Å². The molecule has 9 aromatic rings. The van der Waals surface area contributed by atoms with Crippen LogP contribution in [0.4, 0.5) is 0 Å². The fraction of sp³-hybridized carbons (Fsp3) is 0.0612. The van der Waals surface area contributed by atoms with Crippen LogP contribution in [-0.4, -0.2) is 0 Å². The summed E-state index contributed by atoms with van der Waals surface area (Å²) in [5, 5.41) is 10.2. The lowest BCUT2D eigenvalue weighted by Gasteiger charge is -2.22. The second kappa shape index (κ2) is 10.5. The van der Waals surface area contributed by atoms with Gasteiger partial charge in [-0.15, -0.1) is 0 Å². The van der Waals surface area contributed by atoms with Gasteiger partial charge in [0.1, 0.15) is 0 Å². The van der Waals surface area contributed by atoms with Crippen molar-refractivity contribution in [3.63, 3.8) is 0 Å². The van der Waals surface area contributed by atoms with E-state index >= 15 is 0 Å². The van der Waals surface area contributed by atoms with Crippen molar-refractivity contribution in [2.75, 3.05) is 0 Å². The highest BCUT2D eigenvalue weighted by molar-refractivity contribution is 6.17. The fourth-order valence-corrected chi connectivity index (χ4v) is 8.38. The maximum absolute atomic E-state index is 2.44. The van der Waals surface area contributed by atoms with Crippen LogP contribution in [0.1, 0.15) is 25.0 Å². The minimum Gasteiger partial charge on any atom is -0.0619 e. The highest BCUT2D eigenvalue weighted by Crippen LogP contribution is 2.50. The lowest BCUT2D eigenvalue weighted by atomic mass is 9.81. The summed E-state index contributed by atoms with van der Waals surface area (Å²) in [5.41, 5.74) is 12.9. The van der Waals surface area contributed by atoms with E-state index in [1.807, 2.05) is 0 Å². The summed E-state index contributed by atoms with van der Waals surface area (Å²) in [5.74, 6) is 0. The highest BCUT2D eigenvalue weighted by atomic mass is 14.4. The molecule has 0 saturated heterocycles. The van der Waals surface area contributed by atoms with Crippen LogP contribution in [0, 0.1) is 0 Å². The fourth-order valence-electron chi connectivity index (χ4n) is 8.38. The quantitative estimate of drug-likeness (QED) is 0.172. The Labute approximate surface area is 286 Å². The third kappa shape index (κ3) is 4.38. The molecule has 0 aromatic heterocycles. The average molecular weight is 623 g/mol. The predicted octanol–water partition coefficient (Wildman–Crippen LogP) is 13.6. The van der Waals surface area contributed by atoms with Crippen LogP contribution < -0.4 is 0 Å². The van der Waals surface area contributed by atoms with E-state index in [4.69, 9.17) is 0 Å². The molecule has 0 fully saturated rings. The molecule has 0 bridgehead atoms. The minimum absolute atomic E-state index is 0.0513. The van der Waals surface area contributed by atoms with Gasteiger partial charge in [-0.05, 0) is 135 Å². The van der Waals surface area contributed by atoms with Crippen LogP contribution in [0.25, 0.3) is 87.6 Å². The van der Waals surface area contributed by atoms with E-state index in [2.05, 4.69) is 184 Å². The molecule has 0 heteroatoms. The van der Waals surface area contributed by atoms with Crippen LogP contribution in [0.2, 0.25) is 0 Å². The molecule has 0 aliphatic heterocycles. The third-order valence-electron chi connectivity index (χ3n) is 11.0. The first-order valence-electron chi connectivity index (χ1n) is 17.2. The van der Waals surface area contributed by atoms with Crippen LogP contribution >= 0.6 is 0 Å². The molecule has 0 saturated carbocycles. The van der Waals surface area contributed by atoms with Crippen molar-refractivity contribution < 1.29 is 0 Å². The van der Waals surface area contributed by atoms with E-state index in [1.54, 1.807) is 0 Å².